The molecule has 0 fully saturated rings. The summed E-state index contributed by atoms with van der Waals surface area (Å²) in [6.07, 6.45) is 2.19. The summed E-state index contributed by atoms with van der Waals surface area (Å²) in [5.74, 6) is 1.94. The van der Waals surface area contributed by atoms with Gasteiger partial charge in [0.15, 0.2) is 11.5 Å². The van der Waals surface area contributed by atoms with Crippen molar-refractivity contribution in [1.82, 2.24) is 9.78 Å². The third-order valence-corrected chi connectivity index (χ3v) is 4.26. The van der Waals surface area contributed by atoms with Gasteiger partial charge in [0.2, 0.25) is 5.91 Å². The third-order valence-electron chi connectivity index (χ3n) is 4.26. The second kappa shape index (κ2) is 5.85. The lowest BCUT2D eigenvalue weighted by Crippen LogP contribution is -2.30. The minimum absolute atomic E-state index is 0.0247. The molecule has 1 aliphatic heterocycles. The van der Waals surface area contributed by atoms with Crippen LogP contribution in [0.1, 0.15) is 44.2 Å². The minimum atomic E-state index is -0.221. The first-order valence-corrected chi connectivity index (χ1v) is 7.96. The van der Waals surface area contributed by atoms with Gasteiger partial charge in [-0.1, -0.05) is 12.1 Å². The van der Waals surface area contributed by atoms with E-state index in [1.165, 1.54) is 0 Å². The van der Waals surface area contributed by atoms with Crippen molar-refractivity contribution in [2.24, 2.45) is 0 Å². The van der Waals surface area contributed by atoms with E-state index in [0.29, 0.717) is 17.9 Å². The monoisotopic (exact) mass is 329 g/mol. The van der Waals surface area contributed by atoms with E-state index in [0.717, 1.165) is 16.9 Å². The molecule has 1 unspecified atom stereocenters. The van der Waals surface area contributed by atoms with Gasteiger partial charge >= 0.3 is 0 Å². The molecule has 0 spiro atoms. The van der Waals surface area contributed by atoms with Crippen molar-refractivity contribution in [2.75, 3.05) is 19.5 Å². The summed E-state index contributed by atoms with van der Waals surface area (Å²) in [5, 5.41) is 7.48. The van der Waals surface area contributed by atoms with E-state index in [-0.39, 0.29) is 17.4 Å². The second-order valence-corrected chi connectivity index (χ2v) is 6.92. The fourth-order valence-corrected chi connectivity index (χ4v) is 3.19. The summed E-state index contributed by atoms with van der Waals surface area (Å²) in [7, 11) is 3.22. The number of carbonyl (C=O) groups excluding carboxylic acids is 1. The Morgan fingerprint density at radius 2 is 1.96 bits per heavy atom. The fraction of sp³-hybridized carbons (Fsp3) is 0.444. The van der Waals surface area contributed by atoms with Crippen molar-refractivity contribution < 1.29 is 14.3 Å². The highest BCUT2D eigenvalue weighted by Crippen LogP contribution is 2.44. The highest BCUT2D eigenvalue weighted by Gasteiger charge is 2.34. The lowest BCUT2D eigenvalue weighted by atomic mass is 9.86. The number of aromatic nitrogens is 2. The highest BCUT2D eigenvalue weighted by molar-refractivity contribution is 5.94. The van der Waals surface area contributed by atoms with Crippen LogP contribution in [0.25, 0.3) is 0 Å². The number of amides is 1. The van der Waals surface area contributed by atoms with Crippen LogP contribution >= 0.6 is 0 Å². The van der Waals surface area contributed by atoms with E-state index < -0.39 is 0 Å². The van der Waals surface area contributed by atoms with Crippen LogP contribution in [0.4, 0.5) is 5.82 Å². The zero-order valence-corrected chi connectivity index (χ0v) is 14.7. The number of methoxy groups -OCH3 is 2. The van der Waals surface area contributed by atoms with Crippen molar-refractivity contribution in [3.05, 3.63) is 35.5 Å². The maximum Gasteiger partial charge on any atom is 0.226 e. The molecule has 0 radical (unpaired) electrons. The summed E-state index contributed by atoms with van der Waals surface area (Å²) in [6, 6.07) is 5.74. The van der Waals surface area contributed by atoms with Crippen LogP contribution in [-0.4, -0.2) is 29.9 Å². The number of benzene rings is 1. The molecule has 128 valence electrons. The van der Waals surface area contributed by atoms with E-state index in [4.69, 9.17) is 9.47 Å². The van der Waals surface area contributed by atoms with Crippen LogP contribution in [0.3, 0.4) is 0 Å². The highest BCUT2D eigenvalue weighted by atomic mass is 16.5. The molecular weight excluding hydrogens is 306 g/mol. The summed E-state index contributed by atoms with van der Waals surface area (Å²) in [6.45, 7) is 6.17. The third kappa shape index (κ3) is 2.62. The molecule has 0 saturated heterocycles. The molecule has 2 heterocycles. The van der Waals surface area contributed by atoms with Gasteiger partial charge in [0.25, 0.3) is 0 Å². The van der Waals surface area contributed by atoms with Gasteiger partial charge in [0.1, 0.15) is 5.82 Å². The largest absolute Gasteiger partial charge is 0.493 e. The lowest BCUT2D eigenvalue weighted by Gasteiger charge is -2.28. The maximum atomic E-state index is 12.3. The van der Waals surface area contributed by atoms with Gasteiger partial charge in [-0.15, -0.1) is 0 Å². The van der Waals surface area contributed by atoms with Crippen molar-refractivity contribution in [1.29, 1.82) is 0 Å². The van der Waals surface area contributed by atoms with E-state index in [2.05, 4.69) is 31.2 Å². The number of para-hydroxylation sites is 1. The van der Waals surface area contributed by atoms with Gasteiger partial charge in [0, 0.05) is 23.5 Å². The Morgan fingerprint density at radius 1 is 1.21 bits per heavy atom. The Balaban J connectivity index is 2.16. The average Bonchev–Trinajstić information content (AvgIpc) is 2.96. The summed E-state index contributed by atoms with van der Waals surface area (Å²) >= 11 is 0. The molecule has 6 heteroatoms. The molecule has 3 rings (SSSR count). The number of rotatable bonds is 3. The SMILES string of the molecule is COc1cccc(C2CC(=O)Nc3c2cnn3C(C)(C)C)c1OC. The Kier molecular flexibility index (Phi) is 3.99. The number of anilines is 1. The Morgan fingerprint density at radius 3 is 2.58 bits per heavy atom. The molecule has 1 atom stereocenters. The van der Waals surface area contributed by atoms with E-state index in [1.807, 2.05) is 29.1 Å². The van der Waals surface area contributed by atoms with Crippen LogP contribution in [0.5, 0.6) is 11.5 Å². The van der Waals surface area contributed by atoms with Crippen molar-refractivity contribution in [3.8, 4) is 11.5 Å². The molecule has 2 aromatic rings. The normalized spacial score (nSPS) is 17.2. The molecule has 1 aromatic heterocycles. The molecule has 1 aromatic carbocycles. The number of hydrogen-bond donors (Lipinski definition) is 1. The van der Waals surface area contributed by atoms with Crippen LogP contribution in [0.2, 0.25) is 0 Å². The molecule has 24 heavy (non-hydrogen) atoms. The zero-order chi connectivity index (χ0) is 17.5. The lowest BCUT2D eigenvalue weighted by molar-refractivity contribution is -0.116. The topological polar surface area (TPSA) is 65.4 Å². The molecule has 6 nitrogen and oxygen atoms in total. The fourth-order valence-electron chi connectivity index (χ4n) is 3.19. The molecule has 0 bridgehead atoms. The second-order valence-electron chi connectivity index (χ2n) is 6.92. The first-order chi connectivity index (χ1) is 11.4. The molecule has 1 amide bonds. The number of nitrogens with zero attached hydrogens (tertiary/aromatic N) is 2. The molecular formula is C18H23N3O3. The zero-order valence-electron chi connectivity index (χ0n) is 14.7. The predicted octanol–water partition coefficient (Wildman–Crippen LogP) is 3.13. The number of ether oxygens (including phenoxy) is 2. The minimum Gasteiger partial charge on any atom is -0.493 e. The summed E-state index contributed by atoms with van der Waals surface area (Å²) < 4.78 is 12.8. The Bertz CT molecular complexity index is 774. The van der Waals surface area contributed by atoms with Crippen LogP contribution in [0.15, 0.2) is 24.4 Å². The summed E-state index contributed by atoms with van der Waals surface area (Å²) in [5.41, 5.74) is 1.71. The van der Waals surface area contributed by atoms with Gasteiger partial charge < -0.3 is 14.8 Å². The smallest absolute Gasteiger partial charge is 0.226 e. The van der Waals surface area contributed by atoms with Gasteiger partial charge in [-0.25, -0.2) is 4.68 Å². The quantitative estimate of drug-likeness (QED) is 0.939. The van der Waals surface area contributed by atoms with E-state index >= 15 is 0 Å². The first kappa shape index (κ1) is 16.4. The Hall–Kier alpha value is -2.50. The van der Waals surface area contributed by atoms with E-state index in [9.17, 15) is 4.79 Å². The Labute approximate surface area is 141 Å². The van der Waals surface area contributed by atoms with Crippen LogP contribution < -0.4 is 14.8 Å². The number of fused-ring (bicyclic) bond motifs is 1. The maximum absolute atomic E-state index is 12.3. The van der Waals surface area contributed by atoms with Crippen LogP contribution in [-0.2, 0) is 10.3 Å². The van der Waals surface area contributed by atoms with Gasteiger partial charge in [0.05, 0.1) is 26.0 Å². The standard InChI is InChI=1S/C18H23N3O3/c1-18(2,3)21-17-13(10-19-21)12(9-15(22)20-17)11-7-6-8-14(23-4)16(11)24-5/h6-8,10,12H,9H2,1-5H3,(H,20,22). The van der Waals surface area contributed by atoms with Crippen molar-refractivity contribution in [3.63, 3.8) is 0 Å². The first-order valence-electron chi connectivity index (χ1n) is 7.96. The predicted molar refractivity (Wildman–Crippen MR) is 91.9 cm³/mol. The number of carbonyl (C=O) groups is 1. The molecule has 1 aliphatic rings. The van der Waals surface area contributed by atoms with E-state index in [1.54, 1.807) is 14.2 Å². The van der Waals surface area contributed by atoms with Crippen molar-refractivity contribution in [2.45, 2.75) is 38.6 Å². The van der Waals surface area contributed by atoms with Crippen LogP contribution in [0, 0.1) is 0 Å². The van der Waals surface area contributed by atoms with Crippen molar-refractivity contribution >= 4 is 11.7 Å². The molecule has 1 N–H and O–H groups in total. The molecule has 0 aliphatic carbocycles. The number of hydrogen-bond acceptors (Lipinski definition) is 4. The van der Waals surface area contributed by atoms with Gasteiger partial charge in [-0.3, -0.25) is 4.79 Å². The average molecular weight is 329 g/mol. The summed E-state index contributed by atoms with van der Waals surface area (Å²) in [4.78, 5) is 12.3. The molecule has 0 saturated carbocycles. The van der Waals surface area contributed by atoms with Gasteiger partial charge in [-0.05, 0) is 26.8 Å². The number of nitrogens with one attached hydrogen (secondary N) is 1. The van der Waals surface area contributed by atoms with Gasteiger partial charge in [-0.2, -0.15) is 5.10 Å².